The number of rotatable bonds is 10. The van der Waals surface area contributed by atoms with Crippen LogP contribution in [0.4, 0.5) is 10.1 Å². The molecular weight excluding hydrogens is 267 g/mol. The highest BCUT2D eigenvalue weighted by Crippen LogP contribution is 2.28. The van der Waals surface area contributed by atoms with Crippen LogP contribution in [-0.2, 0) is 0 Å². The van der Waals surface area contributed by atoms with Crippen molar-refractivity contribution in [3.05, 3.63) is 29.6 Å². The van der Waals surface area contributed by atoms with Crippen molar-refractivity contribution in [2.24, 2.45) is 0 Å². The van der Waals surface area contributed by atoms with Gasteiger partial charge in [0, 0.05) is 37.5 Å². The summed E-state index contributed by atoms with van der Waals surface area (Å²) in [5.41, 5.74) is 1.70. The summed E-state index contributed by atoms with van der Waals surface area (Å²) in [6, 6.07) is 5.28. The van der Waals surface area contributed by atoms with Crippen molar-refractivity contribution in [3.63, 3.8) is 0 Å². The molecule has 0 radical (unpaired) electrons. The SMILES string of the molecule is CCCNC(C)c1c(F)cccc1N(C)CCCCCO. The van der Waals surface area contributed by atoms with Crippen LogP contribution >= 0.6 is 0 Å². The van der Waals surface area contributed by atoms with Crippen molar-refractivity contribution in [2.75, 3.05) is 31.6 Å². The van der Waals surface area contributed by atoms with Gasteiger partial charge in [0.15, 0.2) is 0 Å². The highest BCUT2D eigenvalue weighted by Gasteiger charge is 2.17. The minimum absolute atomic E-state index is 0.000965. The predicted molar refractivity (Wildman–Crippen MR) is 87.3 cm³/mol. The Hall–Kier alpha value is -1.13. The molecule has 1 aromatic carbocycles. The number of hydrogen-bond donors (Lipinski definition) is 2. The average molecular weight is 296 g/mol. The Bertz CT molecular complexity index is 412. The molecule has 0 amide bonds. The molecule has 0 bridgehead atoms. The number of nitrogens with zero attached hydrogens (tertiary/aromatic N) is 1. The Morgan fingerprint density at radius 2 is 2.05 bits per heavy atom. The first-order chi connectivity index (χ1) is 10.1. The van der Waals surface area contributed by atoms with Gasteiger partial charge in [0.25, 0.3) is 0 Å². The van der Waals surface area contributed by atoms with Gasteiger partial charge in [0.05, 0.1) is 0 Å². The number of hydrogen-bond acceptors (Lipinski definition) is 3. The summed E-state index contributed by atoms with van der Waals surface area (Å²) >= 11 is 0. The third kappa shape index (κ3) is 5.64. The molecule has 1 rings (SSSR count). The summed E-state index contributed by atoms with van der Waals surface area (Å²) in [6.45, 7) is 6.12. The second-order valence-electron chi connectivity index (χ2n) is 5.55. The lowest BCUT2D eigenvalue weighted by Gasteiger charge is -2.26. The van der Waals surface area contributed by atoms with Crippen LogP contribution < -0.4 is 10.2 Å². The van der Waals surface area contributed by atoms with Gasteiger partial charge in [-0.15, -0.1) is 0 Å². The van der Waals surface area contributed by atoms with Crippen molar-refractivity contribution in [1.82, 2.24) is 5.32 Å². The predicted octanol–water partition coefficient (Wildman–Crippen LogP) is 3.49. The summed E-state index contributed by atoms with van der Waals surface area (Å²) < 4.78 is 14.2. The molecule has 2 N–H and O–H groups in total. The highest BCUT2D eigenvalue weighted by molar-refractivity contribution is 5.55. The number of benzene rings is 1. The van der Waals surface area contributed by atoms with Gasteiger partial charge in [-0.1, -0.05) is 13.0 Å². The van der Waals surface area contributed by atoms with E-state index >= 15 is 0 Å². The Balaban J connectivity index is 2.78. The molecule has 0 spiro atoms. The van der Waals surface area contributed by atoms with E-state index < -0.39 is 0 Å². The number of aliphatic hydroxyl groups is 1. The molecule has 21 heavy (non-hydrogen) atoms. The first kappa shape index (κ1) is 17.9. The molecule has 0 saturated carbocycles. The first-order valence-corrected chi connectivity index (χ1v) is 7.95. The van der Waals surface area contributed by atoms with Gasteiger partial charge in [0.2, 0.25) is 0 Å². The van der Waals surface area contributed by atoms with E-state index in [1.54, 1.807) is 6.07 Å². The molecule has 1 unspecified atom stereocenters. The fourth-order valence-corrected chi connectivity index (χ4v) is 2.51. The third-order valence-electron chi connectivity index (χ3n) is 3.73. The number of anilines is 1. The van der Waals surface area contributed by atoms with E-state index in [1.807, 2.05) is 20.0 Å². The van der Waals surface area contributed by atoms with Crippen LogP contribution in [-0.4, -0.2) is 31.9 Å². The van der Waals surface area contributed by atoms with Gasteiger partial charge >= 0.3 is 0 Å². The van der Waals surface area contributed by atoms with E-state index in [0.29, 0.717) is 0 Å². The number of unbranched alkanes of at least 4 members (excludes halogenated alkanes) is 2. The Kier molecular flexibility index (Phi) is 8.31. The zero-order valence-corrected chi connectivity index (χ0v) is 13.5. The molecule has 0 aliphatic heterocycles. The summed E-state index contributed by atoms with van der Waals surface area (Å²) in [5.74, 6) is -0.147. The van der Waals surface area contributed by atoms with Crippen molar-refractivity contribution in [1.29, 1.82) is 0 Å². The van der Waals surface area contributed by atoms with E-state index in [0.717, 1.165) is 50.0 Å². The Morgan fingerprint density at radius 3 is 2.71 bits per heavy atom. The van der Waals surface area contributed by atoms with Gasteiger partial charge in [-0.2, -0.15) is 0 Å². The number of nitrogens with one attached hydrogen (secondary N) is 1. The van der Waals surface area contributed by atoms with Gasteiger partial charge in [-0.3, -0.25) is 0 Å². The lowest BCUT2D eigenvalue weighted by Crippen LogP contribution is -2.26. The lowest BCUT2D eigenvalue weighted by molar-refractivity contribution is 0.283. The smallest absolute Gasteiger partial charge is 0.130 e. The molecule has 0 saturated heterocycles. The molecule has 4 heteroatoms. The van der Waals surface area contributed by atoms with Gasteiger partial charge in [-0.05, 0) is 51.3 Å². The highest BCUT2D eigenvalue weighted by atomic mass is 19.1. The first-order valence-electron chi connectivity index (χ1n) is 7.95. The van der Waals surface area contributed by atoms with Crippen LogP contribution in [0.15, 0.2) is 18.2 Å². The van der Waals surface area contributed by atoms with Crippen LogP contribution in [0.25, 0.3) is 0 Å². The van der Waals surface area contributed by atoms with Crippen LogP contribution in [0.3, 0.4) is 0 Å². The molecule has 0 aliphatic rings. The summed E-state index contributed by atoms with van der Waals surface area (Å²) in [7, 11) is 2.00. The second kappa shape index (κ2) is 9.74. The standard InChI is InChI=1S/C17H29FN2O/c1-4-11-19-14(2)17-15(18)9-8-10-16(17)20(3)12-6-5-7-13-21/h8-10,14,19,21H,4-7,11-13H2,1-3H3. The van der Waals surface area contributed by atoms with Crippen LogP contribution in [0.1, 0.15) is 51.1 Å². The van der Waals surface area contributed by atoms with E-state index in [1.165, 1.54) is 6.07 Å². The number of halogens is 1. The maximum absolute atomic E-state index is 14.2. The van der Waals surface area contributed by atoms with Gasteiger partial charge in [-0.25, -0.2) is 4.39 Å². The quantitative estimate of drug-likeness (QED) is 0.649. The molecule has 1 atom stereocenters. The lowest BCUT2D eigenvalue weighted by atomic mass is 10.0. The summed E-state index contributed by atoms with van der Waals surface area (Å²) in [4.78, 5) is 2.11. The zero-order chi connectivity index (χ0) is 15.7. The molecule has 1 aromatic rings. The maximum atomic E-state index is 14.2. The van der Waals surface area contributed by atoms with Crippen molar-refractivity contribution in [2.45, 2.75) is 45.6 Å². The van der Waals surface area contributed by atoms with Crippen molar-refractivity contribution >= 4 is 5.69 Å². The Morgan fingerprint density at radius 1 is 1.29 bits per heavy atom. The van der Waals surface area contributed by atoms with E-state index in [-0.39, 0.29) is 18.5 Å². The minimum atomic E-state index is -0.147. The molecular formula is C17H29FN2O. The van der Waals surface area contributed by atoms with Gasteiger partial charge < -0.3 is 15.3 Å². The summed E-state index contributed by atoms with van der Waals surface area (Å²) in [5, 5.41) is 12.2. The van der Waals surface area contributed by atoms with Crippen LogP contribution in [0.5, 0.6) is 0 Å². The zero-order valence-electron chi connectivity index (χ0n) is 13.5. The Labute approximate surface area is 128 Å². The summed E-state index contributed by atoms with van der Waals surface area (Å²) in [6.07, 6.45) is 3.86. The largest absolute Gasteiger partial charge is 0.396 e. The van der Waals surface area contributed by atoms with Crippen LogP contribution in [0.2, 0.25) is 0 Å². The molecule has 0 aromatic heterocycles. The van der Waals surface area contributed by atoms with Crippen LogP contribution in [0, 0.1) is 5.82 Å². The third-order valence-corrected chi connectivity index (χ3v) is 3.73. The number of aliphatic hydroxyl groups excluding tert-OH is 1. The van der Waals surface area contributed by atoms with E-state index in [9.17, 15) is 4.39 Å². The van der Waals surface area contributed by atoms with Crippen molar-refractivity contribution < 1.29 is 9.50 Å². The molecule has 0 heterocycles. The fraction of sp³-hybridized carbons (Fsp3) is 0.647. The fourth-order valence-electron chi connectivity index (χ4n) is 2.51. The molecule has 3 nitrogen and oxygen atoms in total. The maximum Gasteiger partial charge on any atom is 0.130 e. The minimum Gasteiger partial charge on any atom is -0.396 e. The second-order valence-corrected chi connectivity index (χ2v) is 5.55. The molecule has 0 aliphatic carbocycles. The average Bonchev–Trinajstić information content (AvgIpc) is 2.48. The molecule has 0 fully saturated rings. The van der Waals surface area contributed by atoms with Gasteiger partial charge in [0.1, 0.15) is 5.82 Å². The normalized spacial score (nSPS) is 12.4. The molecule has 120 valence electrons. The van der Waals surface area contributed by atoms with E-state index in [2.05, 4.69) is 17.1 Å². The monoisotopic (exact) mass is 296 g/mol. The van der Waals surface area contributed by atoms with E-state index in [4.69, 9.17) is 5.11 Å². The van der Waals surface area contributed by atoms with Crippen molar-refractivity contribution in [3.8, 4) is 0 Å². The topological polar surface area (TPSA) is 35.5 Å².